The van der Waals surface area contributed by atoms with E-state index in [-0.39, 0.29) is 5.54 Å². The predicted molar refractivity (Wildman–Crippen MR) is 55.9 cm³/mol. The monoisotopic (exact) mass is 190 g/mol. The summed E-state index contributed by atoms with van der Waals surface area (Å²) in [7, 11) is -0.392. The molecule has 4 heteroatoms. The third kappa shape index (κ3) is 6.79. The first-order chi connectivity index (χ1) is 5.48. The summed E-state index contributed by atoms with van der Waals surface area (Å²) in [5.41, 5.74) is 5.62. The number of rotatable bonds is 6. The van der Waals surface area contributed by atoms with Gasteiger partial charge in [-0.25, -0.2) is 0 Å². The van der Waals surface area contributed by atoms with Crippen molar-refractivity contribution in [2.75, 3.05) is 12.7 Å². The van der Waals surface area contributed by atoms with Gasteiger partial charge in [0.25, 0.3) is 0 Å². The molecule has 0 aromatic carbocycles. The first kappa shape index (κ1) is 12.1. The number of nitrogens with two attached hydrogens (primary N) is 1. The second-order valence-corrected chi connectivity index (χ2v) is 5.18. The fourth-order valence-corrected chi connectivity index (χ4v) is 2.12. The lowest BCUT2D eigenvalue weighted by molar-refractivity contribution is 0.251. The standard InChI is InChI=1S/C8H22N2OSi/c1-7(2)11-12-6-10-8(3,4)5-9/h7,10H,5-6,9,12H2,1-4H3. The predicted octanol–water partition coefficient (Wildman–Crippen LogP) is -0.220. The summed E-state index contributed by atoms with van der Waals surface area (Å²) in [6.45, 7) is 9.03. The molecule has 0 amide bonds. The summed E-state index contributed by atoms with van der Waals surface area (Å²) < 4.78 is 5.52. The van der Waals surface area contributed by atoms with Crippen molar-refractivity contribution in [3.8, 4) is 0 Å². The average molecular weight is 190 g/mol. The second-order valence-electron chi connectivity index (χ2n) is 3.93. The highest BCUT2D eigenvalue weighted by atomic mass is 28.2. The minimum Gasteiger partial charge on any atom is -0.420 e. The minimum atomic E-state index is -0.392. The molecule has 0 fully saturated rings. The van der Waals surface area contributed by atoms with E-state index in [9.17, 15) is 0 Å². The Morgan fingerprint density at radius 1 is 1.50 bits per heavy atom. The fraction of sp³-hybridized carbons (Fsp3) is 1.00. The van der Waals surface area contributed by atoms with Crippen molar-refractivity contribution in [3.05, 3.63) is 0 Å². The van der Waals surface area contributed by atoms with Gasteiger partial charge in [0.05, 0.1) is 0 Å². The topological polar surface area (TPSA) is 47.3 Å². The van der Waals surface area contributed by atoms with E-state index < -0.39 is 9.76 Å². The lowest BCUT2D eigenvalue weighted by atomic mass is 10.1. The van der Waals surface area contributed by atoms with Crippen LogP contribution in [-0.4, -0.2) is 34.1 Å². The smallest absolute Gasteiger partial charge is 0.175 e. The van der Waals surface area contributed by atoms with Crippen LogP contribution in [0, 0.1) is 0 Å². The van der Waals surface area contributed by atoms with Crippen LogP contribution in [0.25, 0.3) is 0 Å². The summed E-state index contributed by atoms with van der Waals surface area (Å²) in [5.74, 6) is 0. The zero-order valence-corrected chi connectivity index (χ0v) is 10.1. The number of nitrogens with one attached hydrogen (secondary N) is 1. The van der Waals surface area contributed by atoms with Crippen LogP contribution in [0.5, 0.6) is 0 Å². The molecule has 0 aliphatic heterocycles. The maximum atomic E-state index is 5.56. The Bertz CT molecular complexity index is 118. The quantitative estimate of drug-likeness (QED) is 0.450. The Kier molecular flexibility index (Phi) is 5.74. The maximum Gasteiger partial charge on any atom is 0.175 e. The first-order valence-electron chi connectivity index (χ1n) is 4.54. The molecule has 0 aliphatic rings. The molecule has 0 rings (SSSR count). The molecule has 0 bridgehead atoms. The Balaban J connectivity index is 3.31. The SMILES string of the molecule is CC(C)O[SiH2]CNC(C)(C)CN. The molecule has 0 radical (unpaired) electrons. The highest BCUT2D eigenvalue weighted by molar-refractivity contribution is 6.27. The van der Waals surface area contributed by atoms with Crippen molar-refractivity contribution in [2.45, 2.75) is 39.3 Å². The molecule has 3 nitrogen and oxygen atoms in total. The van der Waals surface area contributed by atoms with Gasteiger partial charge in [0, 0.05) is 24.4 Å². The van der Waals surface area contributed by atoms with Crippen molar-refractivity contribution in [2.24, 2.45) is 5.73 Å². The Morgan fingerprint density at radius 2 is 2.08 bits per heavy atom. The average Bonchev–Trinajstić information content (AvgIpc) is 1.98. The van der Waals surface area contributed by atoms with Gasteiger partial charge in [0.2, 0.25) is 0 Å². The normalized spacial score (nSPS) is 13.5. The number of hydrogen-bond acceptors (Lipinski definition) is 3. The van der Waals surface area contributed by atoms with Gasteiger partial charge < -0.3 is 15.5 Å². The molecule has 0 aliphatic carbocycles. The molecule has 0 spiro atoms. The van der Waals surface area contributed by atoms with Gasteiger partial charge >= 0.3 is 0 Å². The van der Waals surface area contributed by atoms with Crippen molar-refractivity contribution >= 4 is 9.76 Å². The molecule has 0 unspecified atom stereocenters. The molecule has 0 aromatic heterocycles. The molecule has 12 heavy (non-hydrogen) atoms. The van der Waals surface area contributed by atoms with Crippen molar-refractivity contribution in [1.82, 2.24) is 5.32 Å². The summed E-state index contributed by atoms with van der Waals surface area (Å²) in [6.07, 6.45) is 1.38. The molecule has 0 aromatic rings. The van der Waals surface area contributed by atoms with Crippen LogP contribution >= 0.6 is 0 Å². The summed E-state index contributed by atoms with van der Waals surface area (Å²) in [6, 6.07) is 0. The van der Waals surface area contributed by atoms with Gasteiger partial charge in [0.15, 0.2) is 9.76 Å². The van der Waals surface area contributed by atoms with E-state index in [4.69, 9.17) is 10.2 Å². The summed E-state index contributed by atoms with van der Waals surface area (Å²) in [4.78, 5) is 0. The molecule has 0 saturated carbocycles. The first-order valence-corrected chi connectivity index (χ1v) is 6.12. The van der Waals surface area contributed by atoms with E-state index in [1.54, 1.807) is 0 Å². The van der Waals surface area contributed by atoms with Crippen LogP contribution in [0.4, 0.5) is 0 Å². The van der Waals surface area contributed by atoms with E-state index in [0.29, 0.717) is 12.6 Å². The van der Waals surface area contributed by atoms with E-state index in [0.717, 1.165) is 6.17 Å². The summed E-state index contributed by atoms with van der Waals surface area (Å²) >= 11 is 0. The molecule has 0 heterocycles. The van der Waals surface area contributed by atoms with Crippen molar-refractivity contribution < 1.29 is 4.43 Å². The number of hydrogen-bond donors (Lipinski definition) is 2. The third-order valence-corrected chi connectivity index (χ3v) is 3.02. The highest BCUT2D eigenvalue weighted by Crippen LogP contribution is 1.96. The Morgan fingerprint density at radius 3 is 2.50 bits per heavy atom. The van der Waals surface area contributed by atoms with E-state index in [1.165, 1.54) is 0 Å². The maximum absolute atomic E-state index is 5.56. The Labute approximate surface area is 78.0 Å². The molecule has 0 saturated heterocycles. The van der Waals surface area contributed by atoms with Gasteiger partial charge in [-0.3, -0.25) is 0 Å². The van der Waals surface area contributed by atoms with E-state index >= 15 is 0 Å². The van der Waals surface area contributed by atoms with Crippen molar-refractivity contribution in [1.29, 1.82) is 0 Å². The van der Waals surface area contributed by atoms with Gasteiger partial charge in [-0.15, -0.1) is 0 Å². The van der Waals surface area contributed by atoms with E-state index in [2.05, 4.69) is 33.0 Å². The van der Waals surface area contributed by atoms with Crippen LogP contribution in [0.15, 0.2) is 0 Å². The van der Waals surface area contributed by atoms with Gasteiger partial charge in [-0.1, -0.05) is 0 Å². The lowest BCUT2D eigenvalue weighted by Gasteiger charge is -2.24. The van der Waals surface area contributed by atoms with Gasteiger partial charge in [-0.2, -0.15) is 0 Å². The zero-order chi connectivity index (χ0) is 9.61. The fourth-order valence-electron chi connectivity index (χ4n) is 0.756. The molecule has 3 N–H and O–H groups in total. The van der Waals surface area contributed by atoms with Crippen LogP contribution in [0.1, 0.15) is 27.7 Å². The van der Waals surface area contributed by atoms with Crippen molar-refractivity contribution in [3.63, 3.8) is 0 Å². The molecular weight excluding hydrogens is 168 g/mol. The lowest BCUT2D eigenvalue weighted by Crippen LogP contribution is -2.47. The third-order valence-electron chi connectivity index (χ3n) is 1.67. The summed E-state index contributed by atoms with van der Waals surface area (Å²) in [5, 5.41) is 3.38. The molecular formula is C8H22N2OSi. The highest BCUT2D eigenvalue weighted by Gasteiger charge is 2.13. The zero-order valence-electron chi connectivity index (χ0n) is 8.68. The van der Waals surface area contributed by atoms with Crippen LogP contribution < -0.4 is 11.1 Å². The van der Waals surface area contributed by atoms with Crippen LogP contribution in [0.3, 0.4) is 0 Å². The van der Waals surface area contributed by atoms with Gasteiger partial charge in [0.1, 0.15) is 0 Å². The largest absolute Gasteiger partial charge is 0.420 e. The second kappa shape index (κ2) is 5.69. The van der Waals surface area contributed by atoms with Gasteiger partial charge in [-0.05, 0) is 27.7 Å². The van der Waals surface area contributed by atoms with E-state index in [1.807, 2.05) is 0 Å². The molecule has 74 valence electrons. The molecule has 0 atom stereocenters. The minimum absolute atomic E-state index is 0.0628. The van der Waals surface area contributed by atoms with Crippen LogP contribution in [0.2, 0.25) is 0 Å². The Hall–Kier alpha value is 0.0969. The van der Waals surface area contributed by atoms with Crippen LogP contribution in [-0.2, 0) is 4.43 Å².